The number of carbonyl (C=O) groups excluding carboxylic acids is 1. The molecule has 0 bridgehead atoms. The molecule has 0 fully saturated rings. The van der Waals surface area contributed by atoms with E-state index in [9.17, 15) is 9.59 Å². The van der Waals surface area contributed by atoms with Gasteiger partial charge < -0.3 is 10.1 Å². The van der Waals surface area contributed by atoms with Crippen molar-refractivity contribution in [2.24, 2.45) is 0 Å². The lowest BCUT2D eigenvalue weighted by atomic mass is 10.3. The summed E-state index contributed by atoms with van der Waals surface area (Å²) in [5.41, 5.74) is 2.82. The minimum atomic E-state index is -0.296. The SMILES string of the molecule is Cc1ccc2nc(CSc3ccccc3NC(=O)COc3ccccc3Cl)cc(=O)n2c1. The van der Waals surface area contributed by atoms with E-state index in [2.05, 4.69) is 10.3 Å². The van der Waals surface area contributed by atoms with E-state index in [1.807, 2.05) is 43.3 Å². The van der Waals surface area contributed by atoms with Crippen LogP contribution in [-0.2, 0) is 10.5 Å². The van der Waals surface area contributed by atoms with Gasteiger partial charge in [-0.15, -0.1) is 11.8 Å². The third-order valence-corrected chi connectivity index (χ3v) is 6.01. The Balaban J connectivity index is 1.43. The van der Waals surface area contributed by atoms with Gasteiger partial charge in [0, 0.05) is 22.9 Å². The van der Waals surface area contributed by atoms with Crippen molar-refractivity contribution in [3.8, 4) is 5.75 Å². The van der Waals surface area contributed by atoms with E-state index in [1.54, 1.807) is 30.5 Å². The van der Waals surface area contributed by atoms with Gasteiger partial charge >= 0.3 is 0 Å². The number of aryl methyl sites for hydroxylation is 1. The number of ether oxygens (including phenoxy) is 1. The van der Waals surface area contributed by atoms with Gasteiger partial charge in [0.25, 0.3) is 11.5 Å². The maximum absolute atomic E-state index is 12.4. The summed E-state index contributed by atoms with van der Waals surface area (Å²) in [6.07, 6.45) is 1.77. The highest BCUT2D eigenvalue weighted by Crippen LogP contribution is 2.29. The molecule has 2 aromatic heterocycles. The largest absolute Gasteiger partial charge is 0.482 e. The van der Waals surface area contributed by atoms with E-state index >= 15 is 0 Å². The molecule has 0 unspecified atom stereocenters. The summed E-state index contributed by atoms with van der Waals surface area (Å²) in [7, 11) is 0. The molecule has 2 aromatic carbocycles. The van der Waals surface area contributed by atoms with Crippen molar-refractivity contribution in [3.63, 3.8) is 0 Å². The van der Waals surface area contributed by atoms with Crippen LogP contribution in [0.15, 0.2) is 82.6 Å². The van der Waals surface area contributed by atoms with E-state index in [1.165, 1.54) is 22.2 Å². The number of aromatic nitrogens is 2. The molecule has 0 atom stereocenters. The number of para-hydroxylation sites is 2. The molecule has 0 saturated heterocycles. The van der Waals surface area contributed by atoms with Crippen molar-refractivity contribution in [3.05, 3.63) is 99.6 Å². The number of amides is 1. The van der Waals surface area contributed by atoms with Gasteiger partial charge in [-0.2, -0.15) is 0 Å². The number of nitrogens with zero attached hydrogens (tertiary/aromatic N) is 2. The van der Waals surface area contributed by atoms with Crippen LogP contribution in [0.5, 0.6) is 5.75 Å². The van der Waals surface area contributed by atoms with Gasteiger partial charge in [-0.05, 0) is 42.8 Å². The first-order valence-corrected chi connectivity index (χ1v) is 11.2. The number of carbonyl (C=O) groups is 1. The van der Waals surface area contributed by atoms with Gasteiger partial charge in [-0.1, -0.05) is 41.9 Å². The number of benzene rings is 2. The highest BCUT2D eigenvalue weighted by atomic mass is 35.5. The zero-order valence-corrected chi connectivity index (χ0v) is 18.8. The second-order valence-corrected chi connectivity index (χ2v) is 8.50. The van der Waals surface area contributed by atoms with Crippen LogP contribution in [0.1, 0.15) is 11.3 Å². The summed E-state index contributed by atoms with van der Waals surface area (Å²) < 4.78 is 7.04. The smallest absolute Gasteiger partial charge is 0.262 e. The number of rotatable bonds is 7. The lowest BCUT2D eigenvalue weighted by molar-refractivity contribution is -0.118. The Kier molecular flexibility index (Phi) is 6.78. The molecular formula is C24H20ClN3O3S. The molecule has 0 aliphatic heterocycles. The summed E-state index contributed by atoms with van der Waals surface area (Å²) in [6, 6.07) is 19.8. The van der Waals surface area contributed by atoms with E-state index in [4.69, 9.17) is 16.3 Å². The first kappa shape index (κ1) is 21.9. The van der Waals surface area contributed by atoms with E-state index in [0.29, 0.717) is 33.6 Å². The quantitative estimate of drug-likeness (QED) is 0.390. The summed E-state index contributed by atoms with van der Waals surface area (Å²) in [5, 5.41) is 3.32. The van der Waals surface area contributed by atoms with Crippen molar-refractivity contribution in [1.82, 2.24) is 9.38 Å². The van der Waals surface area contributed by atoms with Crippen LogP contribution in [0, 0.1) is 6.92 Å². The Morgan fingerprint density at radius 1 is 1.12 bits per heavy atom. The number of halogens is 1. The molecule has 8 heteroatoms. The zero-order chi connectivity index (χ0) is 22.5. The van der Waals surface area contributed by atoms with Gasteiger partial charge in [-0.25, -0.2) is 4.98 Å². The molecule has 4 aromatic rings. The normalized spacial score (nSPS) is 10.8. The first-order valence-electron chi connectivity index (χ1n) is 9.87. The number of anilines is 1. The fourth-order valence-corrected chi connectivity index (χ4v) is 4.16. The Hall–Kier alpha value is -3.29. The summed E-state index contributed by atoms with van der Waals surface area (Å²) in [4.78, 5) is 30.3. The third-order valence-electron chi connectivity index (χ3n) is 4.59. The van der Waals surface area contributed by atoms with Crippen LogP contribution < -0.4 is 15.6 Å². The van der Waals surface area contributed by atoms with Crippen molar-refractivity contribution in [1.29, 1.82) is 0 Å². The zero-order valence-electron chi connectivity index (χ0n) is 17.2. The van der Waals surface area contributed by atoms with Crippen LogP contribution in [-0.4, -0.2) is 21.9 Å². The van der Waals surface area contributed by atoms with Crippen molar-refractivity contribution in [2.45, 2.75) is 17.6 Å². The van der Waals surface area contributed by atoms with Crippen LogP contribution in [0.25, 0.3) is 5.65 Å². The maximum atomic E-state index is 12.4. The van der Waals surface area contributed by atoms with Gasteiger partial charge in [0.05, 0.1) is 16.4 Å². The fourth-order valence-electron chi connectivity index (χ4n) is 3.07. The van der Waals surface area contributed by atoms with E-state index in [-0.39, 0.29) is 18.1 Å². The topological polar surface area (TPSA) is 72.7 Å². The highest BCUT2D eigenvalue weighted by molar-refractivity contribution is 7.98. The van der Waals surface area contributed by atoms with Crippen LogP contribution in [0.3, 0.4) is 0 Å². The Morgan fingerprint density at radius 2 is 1.91 bits per heavy atom. The molecule has 162 valence electrons. The van der Waals surface area contributed by atoms with Gasteiger partial charge in [0.15, 0.2) is 6.61 Å². The average molecular weight is 466 g/mol. The molecule has 1 amide bonds. The van der Waals surface area contributed by atoms with Crippen molar-refractivity contribution < 1.29 is 9.53 Å². The molecule has 0 aliphatic carbocycles. The molecular weight excluding hydrogens is 446 g/mol. The monoisotopic (exact) mass is 465 g/mol. The molecule has 0 aliphatic rings. The van der Waals surface area contributed by atoms with Crippen molar-refractivity contribution in [2.75, 3.05) is 11.9 Å². The molecule has 0 spiro atoms. The van der Waals surface area contributed by atoms with E-state index < -0.39 is 0 Å². The molecule has 0 radical (unpaired) electrons. The highest BCUT2D eigenvalue weighted by Gasteiger charge is 2.10. The lowest BCUT2D eigenvalue weighted by Crippen LogP contribution is -2.20. The van der Waals surface area contributed by atoms with Crippen LogP contribution >= 0.6 is 23.4 Å². The Labute approximate surface area is 194 Å². The van der Waals surface area contributed by atoms with Gasteiger partial charge in [-0.3, -0.25) is 14.0 Å². The predicted octanol–water partition coefficient (Wildman–Crippen LogP) is 4.97. The molecule has 2 heterocycles. The van der Waals surface area contributed by atoms with Gasteiger partial charge in [0.2, 0.25) is 0 Å². The number of hydrogen-bond acceptors (Lipinski definition) is 5. The molecule has 4 rings (SSSR count). The Morgan fingerprint density at radius 3 is 2.75 bits per heavy atom. The number of hydrogen-bond donors (Lipinski definition) is 1. The van der Waals surface area contributed by atoms with Crippen LogP contribution in [0.2, 0.25) is 5.02 Å². The molecule has 6 nitrogen and oxygen atoms in total. The number of thioether (sulfide) groups is 1. The van der Waals surface area contributed by atoms with E-state index in [0.717, 1.165) is 10.5 Å². The molecule has 32 heavy (non-hydrogen) atoms. The number of pyridine rings is 1. The average Bonchev–Trinajstić information content (AvgIpc) is 2.78. The van der Waals surface area contributed by atoms with Gasteiger partial charge in [0.1, 0.15) is 11.4 Å². The molecule has 1 N–H and O–H groups in total. The minimum Gasteiger partial charge on any atom is -0.482 e. The van der Waals surface area contributed by atoms with Crippen molar-refractivity contribution >= 4 is 40.6 Å². The number of fused-ring (bicyclic) bond motifs is 1. The fraction of sp³-hybridized carbons (Fsp3) is 0.125. The van der Waals surface area contributed by atoms with Crippen LogP contribution in [0.4, 0.5) is 5.69 Å². The second-order valence-electron chi connectivity index (χ2n) is 7.07. The summed E-state index contributed by atoms with van der Waals surface area (Å²) >= 11 is 7.55. The minimum absolute atomic E-state index is 0.118. The second kappa shape index (κ2) is 9.89. The maximum Gasteiger partial charge on any atom is 0.262 e. The Bertz CT molecular complexity index is 1340. The predicted molar refractivity (Wildman–Crippen MR) is 128 cm³/mol. The number of nitrogens with one attached hydrogen (secondary N) is 1. The lowest BCUT2D eigenvalue weighted by Gasteiger charge is -2.12. The first-order chi connectivity index (χ1) is 15.5. The molecule has 0 saturated carbocycles. The summed E-state index contributed by atoms with van der Waals surface area (Å²) in [6.45, 7) is 1.77. The summed E-state index contributed by atoms with van der Waals surface area (Å²) in [5.74, 6) is 0.647. The third kappa shape index (κ3) is 5.30. The standard InChI is InChI=1S/C24H20ClN3O3S/c1-16-10-11-22-26-17(12-24(30)28(22)13-16)15-32-21-9-5-3-7-19(21)27-23(29)14-31-20-8-4-2-6-18(20)25/h2-13H,14-15H2,1H3,(H,27,29).